The van der Waals surface area contributed by atoms with Crippen LogP contribution in [0, 0.1) is 6.92 Å². The lowest BCUT2D eigenvalue weighted by Crippen LogP contribution is -1.97. The van der Waals surface area contributed by atoms with Crippen molar-refractivity contribution in [2.24, 2.45) is 5.73 Å². The average molecular weight is 321 g/mol. The number of hydrogen-bond donors (Lipinski definition) is 1. The number of hydrogen-bond acceptors (Lipinski definition) is 3. The van der Waals surface area contributed by atoms with E-state index in [0.29, 0.717) is 34.0 Å². The number of benzene rings is 1. The first kappa shape index (κ1) is 14.5. The highest BCUT2D eigenvalue weighted by Gasteiger charge is 2.10. The second-order valence-corrected chi connectivity index (χ2v) is 5.21. The van der Waals surface area contributed by atoms with E-state index in [-0.39, 0.29) is 0 Å². The van der Waals surface area contributed by atoms with Gasteiger partial charge in [0, 0.05) is 11.6 Å². The molecule has 2 aromatic rings. The fraction of sp³-hybridized carbons (Fsp3) is 0.231. The third kappa shape index (κ3) is 3.37. The minimum Gasteiger partial charge on any atom is -0.487 e. The Labute approximate surface area is 126 Å². The summed E-state index contributed by atoms with van der Waals surface area (Å²) in [4.78, 5) is 0. The van der Waals surface area contributed by atoms with E-state index in [1.54, 1.807) is 12.1 Å². The minimum atomic E-state index is 0.326. The van der Waals surface area contributed by atoms with Gasteiger partial charge in [0.25, 0.3) is 0 Å². The van der Waals surface area contributed by atoms with Crippen molar-refractivity contribution in [1.29, 1.82) is 0 Å². The van der Waals surface area contributed by atoms with E-state index in [1.165, 1.54) is 0 Å². The maximum atomic E-state index is 6.03. The van der Waals surface area contributed by atoms with Crippen LogP contribution < -0.4 is 10.5 Å². The summed E-state index contributed by atoms with van der Waals surface area (Å²) in [7, 11) is 0. The average Bonchev–Trinajstić information content (AvgIpc) is 2.73. The van der Waals surface area contributed by atoms with Gasteiger partial charge in [0.15, 0.2) is 0 Å². The van der Waals surface area contributed by atoms with Crippen LogP contribution in [0.25, 0.3) is 0 Å². The maximum Gasteiger partial charge on any atom is 0.139 e. The van der Waals surface area contributed by atoms with Gasteiger partial charge in [0.05, 0.1) is 21.6 Å². The Kier molecular flexibility index (Phi) is 4.63. The Bertz CT molecular complexity index is 596. The molecule has 0 spiro atoms. The highest BCUT2D eigenvalue weighted by Crippen LogP contribution is 2.34. The number of furan rings is 1. The lowest BCUT2D eigenvalue weighted by atomic mass is 10.2. The third-order valence-electron chi connectivity index (χ3n) is 2.63. The molecule has 0 saturated carbocycles. The molecule has 0 radical (unpaired) electrons. The molecule has 102 valence electrons. The lowest BCUT2D eigenvalue weighted by molar-refractivity contribution is 0.303. The van der Waals surface area contributed by atoms with Crippen molar-refractivity contribution < 1.29 is 9.15 Å². The van der Waals surface area contributed by atoms with Crippen LogP contribution >= 0.6 is 34.8 Å². The largest absolute Gasteiger partial charge is 0.487 e. The van der Waals surface area contributed by atoms with E-state index in [1.807, 2.05) is 13.0 Å². The molecule has 0 fully saturated rings. The van der Waals surface area contributed by atoms with Gasteiger partial charge in [0.1, 0.15) is 23.9 Å². The van der Waals surface area contributed by atoms with Crippen LogP contribution in [0.15, 0.2) is 22.6 Å². The van der Waals surface area contributed by atoms with Gasteiger partial charge in [-0.05, 0) is 19.1 Å². The van der Waals surface area contributed by atoms with Gasteiger partial charge >= 0.3 is 0 Å². The van der Waals surface area contributed by atoms with E-state index in [9.17, 15) is 0 Å². The Morgan fingerprint density at radius 1 is 1.11 bits per heavy atom. The molecule has 0 aliphatic heterocycles. The zero-order valence-electron chi connectivity index (χ0n) is 10.2. The summed E-state index contributed by atoms with van der Waals surface area (Å²) in [5, 5.41) is 1.20. The molecule has 6 heteroatoms. The summed E-state index contributed by atoms with van der Waals surface area (Å²) in [5.74, 6) is 1.97. The molecule has 0 aliphatic rings. The predicted molar refractivity (Wildman–Crippen MR) is 77.1 cm³/mol. The molecule has 1 heterocycles. The summed E-state index contributed by atoms with van der Waals surface area (Å²) in [5.41, 5.74) is 6.43. The second-order valence-electron chi connectivity index (χ2n) is 3.98. The molecule has 0 saturated heterocycles. The van der Waals surface area contributed by atoms with Gasteiger partial charge in [-0.15, -0.1) is 0 Å². The van der Waals surface area contributed by atoms with Gasteiger partial charge in [-0.25, -0.2) is 0 Å². The van der Waals surface area contributed by atoms with E-state index < -0.39 is 0 Å². The van der Waals surface area contributed by atoms with Crippen molar-refractivity contribution >= 4 is 34.8 Å². The minimum absolute atomic E-state index is 0.326. The summed E-state index contributed by atoms with van der Waals surface area (Å²) >= 11 is 17.8. The topological polar surface area (TPSA) is 48.4 Å². The van der Waals surface area contributed by atoms with Crippen molar-refractivity contribution in [3.63, 3.8) is 0 Å². The van der Waals surface area contributed by atoms with Crippen LogP contribution in [-0.2, 0) is 13.2 Å². The highest BCUT2D eigenvalue weighted by molar-refractivity contribution is 6.43. The molecule has 0 bridgehead atoms. The maximum absolute atomic E-state index is 6.03. The van der Waals surface area contributed by atoms with Crippen LogP contribution in [0.4, 0.5) is 0 Å². The van der Waals surface area contributed by atoms with Gasteiger partial charge < -0.3 is 14.9 Å². The number of ether oxygens (including phenoxy) is 1. The quantitative estimate of drug-likeness (QED) is 0.838. The Morgan fingerprint density at radius 3 is 2.42 bits per heavy atom. The SMILES string of the molecule is Cc1oc(CN)cc1COc1cc(Cl)c(Cl)cc1Cl. The number of nitrogens with two attached hydrogens (primary N) is 1. The van der Waals surface area contributed by atoms with Crippen LogP contribution in [-0.4, -0.2) is 0 Å². The lowest BCUT2D eigenvalue weighted by Gasteiger charge is -2.08. The number of halogens is 3. The Morgan fingerprint density at radius 2 is 1.79 bits per heavy atom. The molecule has 0 aliphatic carbocycles. The van der Waals surface area contributed by atoms with Gasteiger partial charge in [-0.3, -0.25) is 0 Å². The van der Waals surface area contributed by atoms with Crippen molar-refractivity contribution in [3.8, 4) is 5.75 Å². The van der Waals surface area contributed by atoms with Crippen LogP contribution in [0.3, 0.4) is 0 Å². The molecule has 0 atom stereocenters. The monoisotopic (exact) mass is 319 g/mol. The molecular formula is C13H12Cl3NO2. The van der Waals surface area contributed by atoms with Crippen LogP contribution in [0.1, 0.15) is 17.1 Å². The summed E-state index contributed by atoms with van der Waals surface area (Å²) < 4.78 is 11.1. The first-order chi connectivity index (χ1) is 9.01. The molecule has 1 aromatic carbocycles. The Hall–Kier alpha value is -0.870. The summed E-state index contributed by atoms with van der Waals surface area (Å²) in [6, 6.07) is 5.00. The van der Waals surface area contributed by atoms with E-state index in [2.05, 4.69) is 0 Å². The first-order valence-corrected chi connectivity index (χ1v) is 6.70. The van der Waals surface area contributed by atoms with Gasteiger partial charge in [0.2, 0.25) is 0 Å². The number of aryl methyl sites for hydroxylation is 1. The number of rotatable bonds is 4. The Balaban J connectivity index is 2.14. The van der Waals surface area contributed by atoms with Crippen molar-refractivity contribution in [3.05, 3.63) is 50.4 Å². The molecule has 0 amide bonds. The van der Waals surface area contributed by atoms with Crippen LogP contribution in [0.5, 0.6) is 5.75 Å². The van der Waals surface area contributed by atoms with Gasteiger partial charge in [-0.2, -0.15) is 0 Å². The van der Waals surface area contributed by atoms with Crippen molar-refractivity contribution in [2.45, 2.75) is 20.1 Å². The molecule has 2 rings (SSSR count). The zero-order chi connectivity index (χ0) is 14.0. The summed E-state index contributed by atoms with van der Waals surface area (Å²) in [6.45, 7) is 2.54. The normalized spacial score (nSPS) is 10.8. The predicted octanol–water partition coefficient (Wildman–Crippen LogP) is 4.59. The fourth-order valence-electron chi connectivity index (χ4n) is 1.60. The van der Waals surface area contributed by atoms with E-state index in [0.717, 1.165) is 17.1 Å². The second kappa shape index (κ2) is 6.06. The van der Waals surface area contributed by atoms with Crippen molar-refractivity contribution in [2.75, 3.05) is 0 Å². The molecular weight excluding hydrogens is 309 g/mol. The fourth-order valence-corrected chi connectivity index (χ4v) is 2.19. The molecule has 19 heavy (non-hydrogen) atoms. The zero-order valence-corrected chi connectivity index (χ0v) is 12.4. The van der Waals surface area contributed by atoms with E-state index >= 15 is 0 Å². The summed E-state index contributed by atoms with van der Waals surface area (Å²) in [6.07, 6.45) is 0. The molecule has 0 unspecified atom stereocenters. The van der Waals surface area contributed by atoms with Crippen molar-refractivity contribution in [1.82, 2.24) is 0 Å². The van der Waals surface area contributed by atoms with Crippen LogP contribution in [0.2, 0.25) is 15.1 Å². The standard InChI is InChI=1S/C13H12Cl3NO2/c1-7-8(2-9(5-17)19-7)6-18-13-4-11(15)10(14)3-12(13)16/h2-4H,5-6,17H2,1H3. The smallest absolute Gasteiger partial charge is 0.139 e. The third-order valence-corrected chi connectivity index (χ3v) is 3.65. The molecule has 3 nitrogen and oxygen atoms in total. The van der Waals surface area contributed by atoms with E-state index in [4.69, 9.17) is 49.7 Å². The van der Waals surface area contributed by atoms with Gasteiger partial charge in [-0.1, -0.05) is 34.8 Å². The first-order valence-electron chi connectivity index (χ1n) is 5.57. The molecule has 2 N–H and O–H groups in total. The molecule has 1 aromatic heterocycles. The highest BCUT2D eigenvalue weighted by atomic mass is 35.5.